The highest BCUT2D eigenvalue weighted by molar-refractivity contribution is 5.40. The summed E-state index contributed by atoms with van der Waals surface area (Å²) in [7, 11) is 0. The molecule has 72 valence electrons. The quantitative estimate of drug-likeness (QED) is 0.678. The molecule has 0 aliphatic rings. The molecular formula is C8H14N4O. The number of likely N-dealkylation sites (N-methyl/N-ethyl adjacent to an activating group) is 1. The van der Waals surface area contributed by atoms with Crippen LogP contribution in [0.4, 0.5) is 11.6 Å². The van der Waals surface area contributed by atoms with E-state index in [0.29, 0.717) is 12.4 Å². The van der Waals surface area contributed by atoms with Gasteiger partial charge in [0.1, 0.15) is 5.82 Å². The molecule has 0 spiro atoms. The van der Waals surface area contributed by atoms with Crippen molar-refractivity contribution in [3.05, 3.63) is 12.1 Å². The van der Waals surface area contributed by atoms with Gasteiger partial charge in [0.05, 0.1) is 6.61 Å². The molecule has 0 amide bonds. The van der Waals surface area contributed by atoms with Gasteiger partial charge in [-0.05, 0) is 19.1 Å². The summed E-state index contributed by atoms with van der Waals surface area (Å²) in [5, 5.41) is 16.4. The zero-order valence-corrected chi connectivity index (χ0v) is 7.64. The molecule has 5 nitrogen and oxygen atoms in total. The minimum Gasteiger partial charge on any atom is -0.395 e. The molecule has 0 aliphatic heterocycles. The van der Waals surface area contributed by atoms with Gasteiger partial charge in [-0.15, -0.1) is 10.2 Å². The first-order valence-corrected chi connectivity index (χ1v) is 4.23. The van der Waals surface area contributed by atoms with E-state index in [1.165, 1.54) is 0 Å². The lowest BCUT2D eigenvalue weighted by molar-refractivity contribution is 0.302. The Labute approximate surface area is 77.2 Å². The molecule has 0 aliphatic carbocycles. The molecule has 1 aromatic heterocycles. The molecule has 1 heterocycles. The largest absolute Gasteiger partial charge is 0.395 e. The lowest BCUT2D eigenvalue weighted by Crippen LogP contribution is -2.27. The SMILES string of the molecule is CCN(CCO)c1ccc(N)nn1. The number of nitrogens with zero attached hydrogens (tertiary/aromatic N) is 3. The minimum absolute atomic E-state index is 0.111. The fraction of sp³-hybridized carbons (Fsp3) is 0.500. The van der Waals surface area contributed by atoms with Crippen molar-refractivity contribution in [2.24, 2.45) is 0 Å². The van der Waals surface area contributed by atoms with Gasteiger partial charge in [-0.2, -0.15) is 0 Å². The van der Waals surface area contributed by atoms with E-state index >= 15 is 0 Å². The summed E-state index contributed by atoms with van der Waals surface area (Å²) < 4.78 is 0. The zero-order chi connectivity index (χ0) is 9.68. The van der Waals surface area contributed by atoms with Crippen molar-refractivity contribution < 1.29 is 5.11 Å². The standard InChI is InChI=1S/C8H14N4O/c1-2-12(5-6-13)8-4-3-7(9)10-11-8/h3-4,13H,2,5-6H2,1H3,(H2,9,10). The maximum atomic E-state index is 8.77. The van der Waals surface area contributed by atoms with E-state index in [0.717, 1.165) is 12.4 Å². The third-order valence-corrected chi connectivity index (χ3v) is 1.75. The van der Waals surface area contributed by atoms with Crippen molar-refractivity contribution in [1.82, 2.24) is 10.2 Å². The molecule has 13 heavy (non-hydrogen) atoms. The maximum absolute atomic E-state index is 8.77. The Kier molecular flexibility index (Phi) is 3.45. The lowest BCUT2D eigenvalue weighted by Gasteiger charge is -2.19. The van der Waals surface area contributed by atoms with Gasteiger partial charge in [0.2, 0.25) is 0 Å². The number of aliphatic hydroxyl groups is 1. The second kappa shape index (κ2) is 4.61. The third kappa shape index (κ3) is 2.55. The van der Waals surface area contributed by atoms with E-state index in [-0.39, 0.29) is 6.61 Å². The summed E-state index contributed by atoms with van der Waals surface area (Å²) in [5.74, 6) is 1.15. The highest BCUT2D eigenvalue weighted by Crippen LogP contribution is 2.08. The van der Waals surface area contributed by atoms with Gasteiger partial charge in [0, 0.05) is 13.1 Å². The van der Waals surface area contributed by atoms with Crippen LogP contribution in [0.3, 0.4) is 0 Å². The molecule has 1 rings (SSSR count). The molecule has 0 saturated carbocycles. The second-order valence-electron chi connectivity index (χ2n) is 2.62. The first kappa shape index (κ1) is 9.73. The first-order chi connectivity index (χ1) is 6.27. The van der Waals surface area contributed by atoms with Crippen LogP contribution in [0.15, 0.2) is 12.1 Å². The van der Waals surface area contributed by atoms with Crippen molar-refractivity contribution in [1.29, 1.82) is 0 Å². The molecule has 3 N–H and O–H groups in total. The van der Waals surface area contributed by atoms with Crippen molar-refractivity contribution in [2.45, 2.75) is 6.92 Å². The van der Waals surface area contributed by atoms with Crippen LogP contribution < -0.4 is 10.6 Å². The van der Waals surface area contributed by atoms with Gasteiger partial charge in [-0.1, -0.05) is 0 Å². The van der Waals surface area contributed by atoms with Gasteiger partial charge in [-0.3, -0.25) is 0 Å². The summed E-state index contributed by atoms with van der Waals surface area (Å²) >= 11 is 0. The van der Waals surface area contributed by atoms with E-state index < -0.39 is 0 Å². The molecule has 0 saturated heterocycles. The minimum atomic E-state index is 0.111. The summed E-state index contributed by atoms with van der Waals surface area (Å²) in [4.78, 5) is 1.92. The number of aliphatic hydroxyl groups excluding tert-OH is 1. The van der Waals surface area contributed by atoms with Crippen LogP contribution in [0.5, 0.6) is 0 Å². The zero-order valence-electron chi connectivity index (χ0n) is 7.64. The summed E-state index contributed by atoms with van der Waals surface area (Å²) in [6, 6.07) is 3.49. The van der Waals surface area contributed by atoms with E-state index in [4.69, 9.17) is 10.8 Å². The van der Waals surface area contributed by atoms with Gasteiger partial charge in [0.25, 0.3) is 0 Å². The fourth-order valence-corrected chi connectivity index (χ4v) is 1.06. The van der Waals surface area contributed by atoms with Crippen LogP contribution >= 0.6 is 0 Å². The Morgan fingerprint density at radius 1 is 1.46 bits per heavy atom. The lowest BCUT2D eigenvalue weighted by atomic mass is 10.4. The van der Waals surface area contributed by atoms with Gasteiger partial charge in [-0.25, -0.2) is 0 Å². The van der Waals surface area contributed by atoms with Gasteiger partial charge in [0.15, 0.2) is 5.82 Å². The van der Waals surface area contributed by atoms with Gasteiger partial charge < -0.3 is 15.7 Å². The second-order valence-corrected chi connectivity index (χ2v) is 2.62. The molecule has 0 fully saturated rings. The first-order valence-electron chi connectivity index (χ1n) is 4.23. The number of nitrogens with two attached hydrogens (primary N) is 1. The number of aromatic nitrogens is 2. The molecular weight excluding hydrogens is 168 g/mol. The smallest absolute Gasteiger partial charge is 0.151 e. The topological polar surface area (TPSA) is 75.3 Å². The van der Waals surface area contributed by atoms with Gasteiger partial charge >= 0.3 is 0 Å². The summed E-state index contributed by atoms with van der Waals surface area (Å²) in [5.41, 5.74) is 5.40. The molecule has 0 atom stereocenters. The average Bonchev–Trinajstić information content (AvgIpc) is 2.16. The summed E-state index contributed by atoms with van der Waals surface area (Å²) in [6.07, 6.45) is 0. The van der Waals surface area contributed by atoms with Crippen LogP contribution in [0.1, 0.15) is 6.92 Å². The Morgan fingerprint density at radius 2 is 2.23 bits per heavy atom. The number of rotatable bonds is 4. The average molecular weight is 182 g/mol. The fourth-order valence-electron chi connectivity index (χ4n) is 1.06. The number of nitrogen functional groups attached to an aromatic ring is 1. The summed E-state index contributed by atoms with van der Waals surface area (Å²) in [6.45, 7) is 3.46. The predicted octanol–water partition coefficient (Wildman–Crippen LogP) is -0.123. The number of hydrogen-bond acceptors (Lipinski definition) is 5. The highest BCUT2D eigenvalue weighted by atomic mass is 16.3. The van der Waals surface area contributed by atoms with E-state index in [1.807, 2.05) is 11.8 Å². The van der Waals surface area contributed by atoms with Crippen LogP contribution in [-0.4, -0.2) is 35.0 Å². The normalized spacial score (nSPS) is 10.0. The van der Waals surface area contributed by atoms with Crippen molar-refractivity contribution in [3.8, 4) is 0 Å². The van der Waals surface area contributed by atoms with Crippen LogP contribution in [0.25, 0.3) is 0 Å². The van der Waals surface area contributed by atoms with Crippen molar-refractivity contribution in [2.75, 3.05) is 30.3 Å². The predicted molar refractivity (Wildman–Crippen MR) is 51.4 cm³/mol. The van der Waals surface area contributed by atoms with E-state index in [9.17, 15) is 0 Å². The highest BCUT2D eigenvalue weighted by Gasteiger charge is 2.04. The Balaban J connectivity index is 2.73. The molecule has 0 aromatic carbocycles. The van der Waals surface area contributed by atoms with Crippen molar-refractivity contribution >= 4 is 11.6 Å². The molecule has 1 aromatic rings. The molecule has 0 bridgehead atoms. The van der Waals surface area contributed by atoms with Crippen LogP contribution in [0, 0.1) is 0 Å². The molecule has 0 unspecified atom stereocenters. The monoisotopic (exact) mass is 182 g/mol. The number of hydrogen-bond donors (Lipinski definition) is 2. The molecule has 0 radical (unpaired) electrons. The van der Waals surface area contributed by atoms with Crippen molar-refractivity contribution in [3.63, 3.8) is 0 Å². The van der Waals surface area contributed by atoms with Crippen LogP contribution in [0.2, 0.25) is 0 Å². The van der Waals surface area contributed by atoms with E-state index in [1.54, 1.807) is 12.1 Å². The van der Waals surface area contributed by atoms with E-state index in [2.05, 4.69) is 10.2 Å². The Hall–Kier alpha value is -1.36. The van der Waals surface area contributed by atoms with Crippen LogP contribution in [-0.2, 0) is 0 Å². The molecule has 5 heteroatoms. The maximum Gasteiger partial charge on any atom is 0.151 e. The Bertz CT molecular complexity index is 249. The number of anilines is 2. The Morgan fingerprint density at radius 3 is 2.69 bits per heavy atom. The third-order valence-electron chi connectivity index (χ3n) is 1.75.